The zero-order chi connectivity index (χ0) is 16.5. The molecular weight excluding hydrogens is 330 g/mol. The Hall–Kier alpha value is -2.41. The summed E-state index contributed by atoms with van der Waals surface area (Å²) in [4.78, 5) is 23.7. The lowest BCUT2D eigenvalue weighted by atomic mass is 9.95. The molecular formula is C16H16ClN5O2. The molecule has 0 aromatic carbocycles. The minimum absolute atomic E-state index is 0.0548. The van der Waals surface area contributed by atoms with Crippen molar-refractivity contribution in [1.82, 2.24) is 25.4 Å². The van der Waals surface area contributed by atoms with Crippen LogP contribution in [-0.2, 0) is 0 Å². The molecule has 0 saturated heterocycles. The van der Waals surface area contributed by atoms with E-state index in [2.05, 4.69) is 25.4 Å². The fraction of sp³-hybridized carbons (Fsp3) is 0.375. The van der Waals surface area contributed by atoms with E-state index >= 15 is 0 Å². The lowest BCUT2D eigenvalue weighted by molar-refractivity contribution is 0.0883. The number of nitrogens with one attached hydrogen (secondary N) is 2. The van der Waals surface area contributed by atoms with Crippen molar-refractivity contribution < 1.29 is 9.32 Å². The second kappa shape index (κ2) is 6.24. The van der Waals surface area contributed by atoms with E-state index in [4.69, 9.17) is 16.1 Å². The molecule has 2 N–H and O–H groups in total. The summed E-state index contributed by atoms with van der Waals surface area (Å²) in [6, 6.07) is 2.01. The summed E-state index contributed by atoms with van der Waals surface area (Å²) >= 11 is 6.38. The number of fused-ring (bicyclic) bond motifs is 1. The van der Waals surface area contributed by atoms with E-state index in [1.807, 2.05) is 6.07 Å². The van der Waals surface area contributed by atoms with Gasteiger partial charge in [0.1, 0.15) is 5.65 Å². The van der Waals surface area contributed by atoms with Crippen LogP contribution < -0.4 is 5.32 Å². The average Bonchev–Trinajstić information content (AvgIpc) is 3.25. The number of nitrogens with zero attached hydrogens (tertiary/aromatic N) is 3. The van der Waals surface area contributed by atoms with Gasteiger partial charge in [0.05, 0.1) is 10.6 Å². The summed E-state index contributed by atoms with van der Waals surface area (Å²) in [6.45, 7) is 0. The van der Waals surface area contributed by atoms with Crippen molar-refractivity contribution in [3.8, 4) is 11.4 Å². The molecule has 7 nitrogen and oxygen atoms in total. The van der Waals surface area contributed by atoms with Crippen LogP contribution in [0.15, 0.2) is 23.0 Å². The van der Waals surface area contributed by atoms with Gasteiger partial charge in [-0.15, -0.1) is 0 Å². The van der Waals surface area contributed by atoms with Crippen LogP contribution in [0.5, 0.6) is 0 Å². The van der Waals surface area contributed by atoms with E-state index in [-0.39, 0.29) is 23.7 Å². The first kappa shape index (κ1) is 15.1. The van der Waals surface area contributed by atoms with E-state index in [1.54, 1.807) is 12.4 Å². The highest BCUT2D eigenvalue weighted by molar-refractivity contribution is 6.37. The smallest absolute Gasteiger partial charge is 0.316 e. The number of aromatic nitrogens is 4. The molecule has 4 rings (SSSR count). The van der Waals surface area contributed by atoms with Crippen molar-refractivity contribution >= 4 is 28.5 Å². The first-order chi connectivity index (χ1) is 11.7. The molecule has 3 aromatic heterocycles. The third-order valence-electron chi connectivity index (χ3n) is 4.32. The average molecular weight is 346 g/mol. The van der Waals surface area contributed by atoms with Gasteiger partial charge in [-0.25, -0.2) is 4.98 Å². The predicted octanol–water partition coefficient (Wildman–Crippen LogP) is 3.33. The molecule has 24 heavy (non-hydrogen) atoms. The molecule has 0 radical (unpaired) electrons. The number of amides is 1. The number of halogens is 1. The lowest BCUT2D eigenvalue weighted by Crippen LogP contribution is -2.36. The molecule has 124 valence electrons. The number of aromatic amines is 1. The zero-order valence-electron chi connectivity index (χ0n) is 12.9. The van der Waals surface area contributed by atoms with E-state index in [0.29, 0.717) is 16.2 Å². The van der Waals surface area contributed by atoms with E-state index in [1.165, 1.54) is 6.42 Å². The fourth-order valence-electron chi connectivity index (χ4n) is 3.05. The summed E-state index contributed by atoms with van der Waals surface area (Å²) in [5, 5.41) is 8.07. The van der Waals surface area contributed by atoms with Crippen LogP contribution in [0.3, 0.4) is 0 Å². The lowest BCUT2D eigenvalue weighted by Gasteiger charge is -2.21. The Balaban J connectivity index is 1.57. The molecule has 0 unspecified atom stereocenters. The normalized spacial score (nSPS) is 15.7. The molecule has 3 aromatic rings. The van der Waals surface area contributed by atoms with Crippen LogP contribution in [-0.4, -0.2) is 32.1 Å². The number of hydrogen-bond donors (Lipinski definition) is 2. The van der Waals surface area contributed by atoms with Gasteiger partial charge >= 0.3 is 11.8 Å². The van der Waals surface area contributed by atoms with Gasteiger partial charge in [-0.1, -0.05) is 36.0 Å². The molecule has 1 aliphatic carbocycles. The van der Waals surface area contributed by atoms with Gasteiger partial charge in [0.2, 0.25) is 5.82 Å². The zero-order valence-corrected chi connectivity index (χ0v) is 13.6. The summed E-state index contributed by atoms with van der Waals surface area (Å²) in [6.07, 6.45) is 8.81. The third kappa shape index (κ3) is 2.75. The Bertz CT molecular complexity index is 882. The van der Waals surface area contributed by atoms with Crippen molar-refractivity contribution in [2.45, 2.75) is 38.1 Å². The molecule has 1 aliphatic rings. The van der Waals surface area contributed by atoms with Crippen LogP contribution in [0.25, 0.3) is 22.4 Å². The van der Waals surface area contributed by atoms with Crippen LogP contribution in [0.2, 0.25) is 5.02 Å². The maximum absolute atomic E-state index is 12.3. The Morgan fingerprint density at radius 2 is 2.17 bits per heavy atom. The molecule has 0 bridgehead atoms. The van der Waals surface area contributed by atoms with E-state index < -0.39 is 0 Å². The van der Waals surface area contributed by atoms with Crippen molar-refractivity contribution in [2.75, 3.05) is 0 Å². The second-order valence-electron chi connectivity index (χ2n) is 5.96. The topological polar surface area (TPSA) is 96.7 Å². The number of H-pyrrole nitrogens is 1. The van der Waals surface area contributed by atoms with Gasteiger partial charge in [-0.2, -0.15) is 4.98 Å². The van der Waals surface area contributed by atoms with Crippen molar-refractivity contribution in [3.63, 3.8) is 0 Å². The molecule has 0 spiro atoms. The predicted molar refractivity (Wildman–Crippen MR) is 88.7 cm³/mol. The van der Waals surface area contributed by atoms with Crippen LogP contribution in [0, 0.1) is 0 Å². The number of hydrogen-bond acceptors (Lipinski definition) is 5. The summed E-state index contributed by atoms with van der Waals surface area (Å²) in [7, 11) is 0. The van der Waals surface area contributed by atoms with Gasteiger partial charge in [-0.3, -0.25) is 4.79 Å². The Labute approximate surface area is 142 Å². The highest BCUT2D eigenvalue weighted by Crippen LogP contribution is 2.31. The quantitative estimate of drug-likeness (QED) is 0.758. The van der Waals surface area contributed by atoms with Gasteiger partial charge in [-0.05, 0) is 18.9 Å². The minimum Gasteiger partial charge on any atom is -0.346 e. The van der Waals surface area contributed by atoms with Gasteiger partial charge in [0, 0.05) is 23.8 Å². The monoisotopic (exact) mass is 345 g/mol. The largest absolute Gasteiger partial charge is 0.346 e. The number of carbonyl (C=O) groups is 1. The van der Waals surface area contributed by atoms with Gasteiger partial charge in [0.15, 0.2) is 0 Å². The van der Waals surface area contributed by atoms with E-state index in [0.717, 1.165) is 31.1 Å². The van der Waals surface area contributed by atoms with Crippen molar-refractivity contribution in [1.29, 1.82) is 0 Å². The standard InChI is InChI=1S/C16H16ClN5O2/c17-12-10-6-7-18-13(10)19-8-11(12)14-21-16(24-22-14)15(23)20-9-4-2-1-3-5-9/h6-9H,1-5H2,(H,18,19)(H,20,23). The highest BCUT2D eigenvalue weighted by atomic mass is 35.5. The fourth-order valence-corrected chi connectivity index (χ4v) is 3.34. The Kier molecular flexibility index (Phi) is 3.93. The van der Waals surface area contributed by atoms with Crippen molar-refractivity contribution in [2.24, 2.45) is 0 Å². The van der Waals surface area contributed by atoms with Gasteiger partial charge in [0.25, 0.3) is 0 Å². The number of carbonyl (C=O) groups excluding carboxylic acids is 1. The maximum Gasteiger partial charge on any atom is 0.316 e. The van der Waals surface area contributed by atoms with Crippen molar-refractivity contribution in [3.05, 3.63) is 29.4 Å². The number of rotatable bonds is 3. The first-order valence-corrected chi connectivity index (χ1v) is 8.36. The molecule has 0 atom stereocenters. The van der Waals surface area contributed by atoms with Gasteiger partial charge < -0.3 is 14.8 Å². The first-order valence-electron chi connectivity index (χ1n) is 7.99. The maximum atomic E-state index is 12.3. The van der Waals surface area contributed by atoms with E-state index in [9.17, 15) is 4.79 Å². The Morgan fingerprint density at radius 1 is 1.33 bits per heavy atom. The molecule has 3 heterocycles. The van der Waals surface area contributed by atoms with Crippen LogP contribution >= 0.6 is 11.6 Å². The highest BCUT2D eigenvalue weighted by Gasteiger charge is 2.22. The van der Waals surface area contributed by atoms with Crippen LogP contribution in [0.1, 0.15) is 42.8 Å². The summed E-state index contributed by atoms with van der Waals surface area (Å²) < 4.78 is 5.10. The van der Waals surface area contributed by atoms with Crippen LogP contribution in [0.4, 0.5) is 0 Å². The molecule has 0 aliphatic heterocycles. The summed E-state index contributed by atoms with van der Waals surface area (Å²) in [5.41, 5.74) is 1.21. The molecule has 8 heteroatoms. The Morgan fingerprint density at radius 3 is 3.00 bits per heavy atom. The minimum atomic E-state index is -0.340. The third-order valence-corrected chi connectivity index (χ3v) is 4.73. The molecule has 1 fully saturated rings. The SMILES string of the molecule is O=C(NC1CCCCC1)c1nc(-c2cnc3[nH]ccc3c2Cl)no1. The molecule has 1 saturated carbocycles. The number of pyridine rings is 1. The second-order valence-corrected chi connectivity index (χ2v) is 6.34. The summed E-state index contributed by atoms with van der Waals surface area (Å²) in [5.74, 6) is -0.141. The molecule has 1 amide bonds.